The summed E-state index contributed by atoms with van der Waals surface area (Å²) in [6.07, 6.45) is 2.27. The zero-order chi connectivity index (χ0) is 22.8. The van der Waals surface area contributed by atoms with E-state index >= 15 is 0 Å². The van der Waals surface area contributed by atoms with Gasteiger partial charge in [-0.05, 0) is 54.6 Å². The van der Waals surface area contributed by atoms with Crippen LogP contribution in [0, 0.1) is 5.92 Å². The SMILES string of the molecule is CN1CCN(C(=O)c2ccc(-c3cc(OCC4CNC(=O)C4)c4cccnc4c3)cc2)CC1. The molecule has 3 heterocycles. The van der Waals surface area contributed by atoms with Crippen LogP contribution in [0.2, 0.25) is 0 Å². The van der Waals surface area contributed by atoms with Crippen molar-refractivity contribution in [3.8, 4) is 16.9 Å². The Balaban J connectivity index is 1.37. The summed E-state index contributed by atoms with van der Waals surface area (Å²) in [5.41, 5.74) is 3.54. The zero-order valence-corrected chi connectivity index (χ0v) is 18.8. The fourth-order valence-corrected chi connectivity index (χ4v) is 4.42. The average Bonchev–Trinajstić information content (AvgIpc) is 3.27. The molecule has 2 aliphatic heterocycles. The van der Waals surface area contributed by atoms with E-state index in [2.05, 4.69) is 22.2 Å². The Morgan fingerprint density at radius 2 is 1.88 bits per heavy atom. The molecule has 0 saturated carbocycles. The molecule has 0 radical (unpaired) electrons. The van der Waals surface area contributed by atoms with Crippen molar-refractivity contribution in [3.05, 3.63) is 60.3 Å². The molecule has 1 unspecified atom stereocenters. The molecule has 7 nitrogen and oxygen atoms in total. The molecule has 1 N–H and O–H groups in total. The lowest BCUT2D eigenvalue weighted by atomic mass is 10.0. The van der Waals surface area contributed by atoms with Gasteiger partial charge in [0.25, 0.3) is 5.91 Å². The maximum Gasteiger partial charge on any atom is 0.253 e. The number of pyridine rings is 1. The van der Waals surface area contributed by atoms with Crippen molar-refractivity contribution >= 4 is 22.7 Å². The second kappa shape index (κ2) is 9.19. The van der Waals surface area contributed by atoms with E-state index in [0.29, 0.717) is 25.1 Å². The highest BCUT2D eigenvalue weighted by Gasteiger charge is 2.23. The van der Waals surface area contributed by atoms with Crippen LogP contribution in [0.4, 0.5) is 0 Å². The first-order valence-corrected chi connectivity index (χ1v) is 11.4. The van der Waals surface area contributed by atoms with E-state index < -0.39 is 0 Å². The van der Waals surface area contributed by atoms with Crippen molar-refractivity contribution in [1.29, 1.82) is 0 Å². The predicted molar refractivity (Wildman–Crippen MR) is 127 cm³/mol. The molecule has 1 atom stereocenters. The molecule has 2 aliphatic rings. The Labute approximate surface area is 193 Å². The van der Waals surface area contributed by atoms with Crippen LogP contribution < -0.4 is 10.1 Å². The number of amides is 2. The summed E-state index contributed by atoms with van der Waals surface area (Å²) in [4.78, 5) is 33.0. The topological polar surface area (TPSA) is 74.8 Å². The molecule has 0 bridgehead atoms. The van der Waals surface area contributed by atoms with Gasteiger partial charge in [-0.25, -0.2) is 0 Å². The van der Waals surface area contributed by atoms with E-state index in [-0.39, 0.29) is 17.7 Å². The van der Waals surface area contributed by atoms with E-state index in [0.717, 1.165) is 54.0 Å². The predicted octanol–water partition coefficient (Wildman–Crippen LogP) is 2.80. The standard InChI is InChI=1S/C26H28N4O3/c1-29-9-11-30(12-10-29)26(32)20-6-4-19(5-7-20)21-14-23-22(3-2-8-27-23)24(15-21)33-17-18-13-25(31)28-16-18/h2-8,14-15,18H,9-13,16-17H2,1H3,(H,28,31). The molecule has 2 aromatic carbocycles. The number of rotatable bonds is 5. The number of benzene rings is 2. The third-order valence-corrected chi connectivity index (χ3v) is 6.47. The number of piperazine rings is 1. The van der Waals surface area contributed by atoms with E-state index in [1.165, 1.54) is 0 Å². The number of nitrogens with one attached hydrogen (secondary N) is 1. The van der Waals surface area contributed by atoms with Gasteiger partial charge in [0.2, 0.25) is 5.91 Å². The van der Waals surface area contributed by atoms with Crippen LogP contribution in [-0.2, 0) is 4.79 Å². The number of likely N-dealkylation sites (N-methyl/N-ethyl adjacent to an activating group) is 1. The van der Waals surface area contributed by atoms with Gasteiger partial charge in [0.05, 0.1) is 12.1 Å². The molecule has 2 saturated heterocycles. The average molecular weight is 445 g/mol. The Morgan fingerprint density at radius 1 is 1.09 bits per heavy atom. The van der Waals surface area contributed by atoms with Crippen molar-refractivity contribution in [2.75, 3.05) is 46.4 Å². The van der Waals surface area contributed by atoms with Crippen LogP contribution in [-0.4, -0.2) is 73.0 Å². The second-order valence-electron chi connectivity index (χ2n) is 8.90. The number of fused-ring (bicyclic) bond motifs is 1. The van der Waals surface area contributed by atoms with Gasteiger partial charge >= 0.3 is 0 Å². The Kier molecular flexibility index (Phi) is 5.96. The third-order valence-electron chi connectivity index (χ3n) is 6.47. The van der Waals surface area contributed by atoms with Gasteiger partial charge in [-0.2, -0.15) is 0 Å². The first-order chi connectivity index (χ1) is 16.1. The molecule has 1 aromatic heterocycles. The maximum absolute atomic E-state index is 12.9. The third kappa shape index (κ3) is 4.68. The van der Waals surface area contributed by atoms with E-state index in [1.807, 2.05) is 53.4 Å². The fraction of sp³-hybridized carbons (Fsp3) is 0.346. The smallest absolute Gasteiger partial charge is 0.253 e. The van der Waals surface area contributed by atoms with Crippen LogP contribution in [0.1, 0.15) is 16.8 Å². The normalized spacial score (nSPS) is 19.0. The van der Waals surface area contributed by atoms with E-state index in [1.54, 1.807) is 6.20 Å². The number of hydrogen-bond donors (Lipinski definition) is 1. The molecule has 2 amide bonds. The molecule has 33 heavy (non-hydrogen) atoms. The van der Waals surface area contributed by atoms with Gasteiger partial charge < -0.3 is 19.9 Å². The minimum absolute atomic E-state index is 0.0788. The first kappa shape index (κ1) is 21.4. The molecule has 170 valence electrons. The number of carbonyl (C=O) groups is 2. The van der Waals surface area contributed by atoms with Crippen LogP contribution in [0.25, 0.3) is 22.0 Å². The minimum atomic E-state index is 0.0788. The van der Waals surface area contributed by atoms with Gasteiger partial charge in [-0.3, -0.25) is 14.6 Å². The molecular formula is C26H28N4O3. The summed E-state index contributed by atoms with van der Waals surface area (Å²) in [5.74, 6) is 1.09. The number of carbonyl (C=O) groups excluding carboxylic acids is 2. The summed E-state index contributed by atoms with van der Waals surface area (Å²) >= 11 is 0. The highest BCUT2D eigenvalue weighted by Crippen LogP contribution is 2.32. The maximum atomic E-state index is 12.9. The molecule has 0 aliphatic carbocycles. The van der Waals surface area contributed by atoms with E-state index in [4.69, 9.17) is 4.74 Å². The van der Waals surface area contributed by atoms with Crippen LogP contribution in [0.5, 0.6) is 5.75 Å². The van der Waals surface area contributed by atoms with Crippen molar-refractivity contribution in [1.82, 2.24) is 20.1 Å². The van der Waals surface area contributed by atoms with Crippen LogP contribution in [0.3, 0.4) is 0 Å². The fourth-order valence-electron chi connectivity index (χ4n) is 4.42. The highest BCUT2D eigenvalue weighted by molar-refractivity contribution is 5.95. The van der Waals surface area contributed by atoms with Crippen molar-refractivity contribution in [2.45, 2.75) is 6.42 Å². The van der Waals surface area contributed by atoms with Gasteiger partial charge in [0.1, 0.15) is 5.75 Å². The van der Waals surface area contributed by atoms with Gasteiger partial charge in [0, 0.05) is 62.2 Å². The first-order valence-electron chi connectivity index (χ1n) is 11.4. The summed E-state index contributed by atoms with van der Waals surface area (Å²) < 4.78 is 6.17. The van der Waals surface area contributed by atoms with Gasteiger partial charge in [0.15, 0.2) is 0 Å². The molecule has 2 fully saturated rings. The monoisotopic (exact) mass is 444 g/mol. The number of hydrogen-bond acceptors (Lipinski definition) is 5. The summed E-state index contributed by atoms with van der Waals surface area (Å²) in [6, 6.07) is 15.7. The van der Waals surface area contributed by atoms with Crippen LogP contribution in [0.15, 0.2) is 54.7 Å². The molecule has 5 rings (SSSR count). The minimum Gasteiger partial charge on any atom is -0.492 e. The number of nitrogens with zero attached hydrogens (tertiary/aromatic N) is 3. The van der Waals surface area contributed by atoms with Crippen molar-refractivity contribution in [3.63, 3.8) is 0 Å². The van der Waals surface area contributed by atoms with Gasteiger partial charge in [-0.15, -0.1) is 0 Å². The van der Waals surface area contributed by atoms with Crippen molar-refractivity contribution < 1.29 is 14.3 Å². The second-order valence-corrected chi connectivity index (χ2v) is 8.90. The van der Waals surface area contributed by atoms with E-state index in [9.17, 15) is 9.59 Å². The summed E-state index contributed by atoms with van der Waals surface area (Å²) in [7, 11) is 2.08. The Hall–Kier alpha value is -3.45. The molecule has 0 spiro atoms. The Bertz CT molecular complexity index is 1170. The molecule has 7 heteroatoms. The largest absolute Gasteiger partial charge is 0.492 e. The van der Waals surface area contributed by atoms with Crippen LogP contribution >= 0.6 is 0 Å². The molecule has 3 aromatic rings. The zero-order valence-electron chi connectivity index (χ0n) is 18.8. The highest BCUT2D eigenvalue weighted by atomic mass is 16.5. The van der Waals surface area contributed by atoms with Gasteiger partial charge in [-0.1, -0.05) is 12.1 Å². The number of aromatic nitrogens is 1. The quantitative estimate of drug-likeness (QED) is 0.655. The summed E-state index contributed by atoms with van der Waals surface area (Å²) in [6.45, 7) is 4.46. The summed E-state index contributed by atoms with van der Waals surface area (Å²) in [5, 5.41) is 3.80. The Morgan fingerprint density at radius 3 is 2.61 bits per heavy atom. The molecular weight excluding hydrogens is 416 g/mol. The lowest BCUT2D eigenvalue weighted by molar-refractivity contribution is -0.119. The lowest BCUT2D eigenvalue weighted by Crippen LogP contribution is -2.47. The lowest BCUT2D eigenvalue weighted by Gasteiger charge is -2.32. The van der Waals surface area contributed by atoms with Crippen molar-refractivity contribution in [2.24, 2.45) is 5.92 Å². The number of ether oxygens (including phenoxy) is 1.